The molecule has 6 rings (SSSR count). The highest BCUT2D eigenvalue weighted by Crippen LogP contribution is 2.62. The first-order valence-corrected chi connectivity index (χ1v) is 14.5. The molecule has 0 fully saturated rings. The summed E-state index contributed by atoms with van der Waals surface area (Å²) >= 11 is 0. The number of aryl methyl sites for hydroxylation is 5. The van der Waals surface area contributed by atoms with Crippen molar-refractivity contribution in [2.24, 2.45) is 0 Å². The van der Waals surface area contributed by atoms with Gasteiger partial charge in [-0.15, -0.1) is 0 Å². The smallest absolute Gasteiger partial charge is 0.0176 e. The van der Waals surface area contributed by atoms with E-state index in [0.717, 1.165) is 0 Å². The first kappa shape index (κ1) is 26.1. The Balaban J connectivity index is 1.71. The van der Waals surface area contributed by atoms with Gasteiger partial charge in [0.2, 0.25) is 0 Å². The fourth-order valence-corrected chi connectivity index (χ4v) is 6.49. The van der Waals surface area contributed by atoms with E-state index in [4.69, 9.17) is 0 Å². The van der Waals surface area contributed by atoms with E-state index < -0.39 is 0 Å². The third-order valence-electron chi connectivity index (χ3n) is 8.69. The monoisotopic (exact) mass is 518 g/mol. The van der Waals surface area contributed by atoms with Gasteiger partial charge in [-0.1, -0.05) is 149 Å². The van der Waals surface area contributed by atoms with Crippen molar-refractivity contribution in [2.75, 3.05) is 0 Å². The van der Waals surface area contributed by atoms with Gasteiger partial charge in [-0.25, -0.2) is 0 Å². The Bertz CT molecular complexity index is 1520. The van der Waals surface area contributed by atoms with E-state index in [1.807, 2.05) is 0 Å². The van der Waals surface area contributed by atoms with Gasteiger partial charge in [0.15, 0.2) is 0 Å². The Morgan fingerprint density at radius 1 is 0.300 bits per heavy atom. The average molecular weight is 519 g/mol. The summed E-state index contributed by atoms with van der Waals surface area (Å²) in [7, 11) is 0. The molecule has 5 aromatic rings. The highest BCUT2D eigenvalue weighted by molar-refractivity contribution is 6.00. The first-order valence-electron chi connectivity index (χ1n) is 14.5. The van der Waals surface area contributed by atoms with Crippen molar-refractivity contribution in [1.29, 1.82) is 0 Å². The zero-order chi connectivity index (χ0) is 27.8. The van der Waals surface area contributed by atoms with Crippen LogP contribution in [0.1, 0.15) is 73.4 Å². The van der Waals surface area contributed by atoms with E-state index in [9.17, 15) is 0 Å². The van der Waals surface area contributed by atoms with Crippen molar-refractivity contribution in [3.8, 4) is 0 Å². The van der Waals surface area contributed by atoms with Crippen molar-refractivity contribution in [2.45, 2.75) is 52.4 Å². The Morgan fingerprint density at radius 2 is 0.550 bits per heavy atom. The largest absolute Gasteiger partial charge is 0.0590 e. The minimum absolute atomic E-state index is 0.216. The summed E-state index contributed by atoms with van der Waals surface area (Å²) in [5, 5.41) is 0. The van der Waals surface area contributed by atoms with E-state index in [2.05, 4.69) is 156 Å². The van der Waals surface area contributed by atoms with Crippen LogP contribution in [0, 0.1) is 34.6 Å². The van der Waals surface area contributed by atoms with Crippen LogP contribution in [0.15, 0.2) is 121 Å². The maximum absolute atomic E-state index is 2.37. The lowest BCUT2D eigenvalue weighted by atomic mass is 9.73. The standard InChI is InChI=1S/C40H38/c1-26-6-16-31(17-7-26)36-37(32-18-8-27(2)9-19-32)39(34-22-12-29(4)13-23-34)40(35-24-14-30(5)15-25-35)38(36)33-20-10-28(3)11-21-33/h6-25,36-38H,1-5H3/t36?,37-,38+. The summed E-state index contributed by atoms with van der Waals surface area (Å²) in [6, 6.07) is 46.3. The van der Waals surface area contributed by atoms with Crippen molar-refractivity contribution in [3.63, 3.8) is 0 Å². The summed E-state index contributed by atoms with van der Waals surface area (Å²) in [6.45, 7) is 10.9. The molecule has 0 N–H and O–H groups in total. The van der Waals surface area contributed by atoms with Gasteiger partial charge in [-0.05, 0) is 73.6 Å². The number of hydrogen-bond acceptors (Lipinski definition) is 0. The molecule has 0 aliphatic heterocycles. The van der Waals surface area contributed by atoms with Crippen molar-refractivity contribution < 1.29 is 0 Å². The Labute approximate surface area is 240 Å². The van der Waals surface area contributed by atoms with Crippen LogP contribution >= 0.6 is 0 Å². The van der Waals surface area contributed by atoms with E-state index >= 15 is 0 Å². The average Bonchev–Trinajstić information content (AvgIpc) is 3.31. The zero-order valence-corrected chi connectivity index (χ0v) is 24.3. The normalized spacial score (nSPS) is 18.8. The molecule has 40 heavy (non-hydrogen) atoms. The molecule has 0 spiro atoms. The minimum Gasteiger partial charge on any atom is -0.0590 e. The molecule has 0 heteroatoms. The molecular weight excluding hydrogens is 480 g/mol. The van der Waals surface area contributed by atoms with Crippen molar-refractivity contribution in [1.82, 2.24) is 0 Å². The van der Waals surface area contributed by atoms with Crippen molar-refractivity contribution >= 4 is 11.1 Å². The lowest BCUT2D eigenvalue weighted by Crippen LogP contribution is -2.14. The van der Waals surface area contributed by atoms with Crippen LogP contribution < -0.4 is 0 Å². The molecular formula is C40H38. The number of rotatable bonds is 5. The highest BCUT2D eigenvalue weighted by Gasteiger charge is 2.45. The van der Waals surface area contributed by atoms with Crippen molar-refractivity contribution in [3.05, 3.63) is 177 Å². The van der Waals surface area contributed by atoms with Crippen LogP contribution in [0.4, 0.5) is 0 Å². The molecule has 0 saturated heterocycles. The second kappa shape index (κ2) is 10.8. The minimum atomic E-state index is 0.216. The molecule has 1 aliphatic rings. The third kappa shape index (κ3) is 4.95. The molecule has 0 radical (unpaired) electrons. The SMILES string of the molecule is Cc1ccc(C2=C(c3ccc(C)cc3)[C@@H](c3ccc(C)cc3)C(c3ccc(C)cc3)[C@H]2c2ccc(C)cc2)cc1. The molecule has 1 aliphatic carbocycles. The van der Waals surface area contributed by atoms with Crippen LogP contribution in [0.3, 0.4) is 0 Å². The lowest BCUT2D eigenvalue weighted by Gasteiger charge is -2.29. The van der Waals surface area contributed by atoms with Gasteiger partial charge in [0.25, 0.3) is 0 Å². The molecule has 0 amide bonds. The van der Waals surface area contributed by atoms with E-state index in [0.29, 0.717) is 0 Å². The molecule has 198 valence electrons. The van der Waals surface area contributed by atoms with Crippen LogP contribution in [-0.4, -0.2) is 0 Å². The van der Waals surface area contributed by atoms with E-state index in [-0.39, 0.29) is 17.8 Å². The van der Waals surface area contributed by atoms with Crippen LogP contribution in [-0.2, 0) is 0 Å². The van der Waals surface area contributed by atoms with E-state index in [1.54, 1.807) is 0 Å². The molecule has 5 aromatic carbocycles. The number of hydrogen-bond donors (Lipinski definition) is 0. The fraction of sp³-hybridized carbons (Fsp3) is 0.200. The van der Waals surface area contributed by atoms with Gasteiger partial charge in [0.05, 0.1) is 0 Å². The highest BCUT2D eigenvalue weighted by atomic mass is 14.5. The van der Waals surface area contributed by atoms with Gasteiger partial charge in [-0.3, -0.25) is 0 Å². The van der Waals surface area contributed by atoms with Gasteiger partial charge in [0.1, 0.15) is 0 Å². The van der Waals surface area contributed by atoms with Gasteiger partial charge >= 0.3 is 0 Å². The summed E-state index contributed by atoms with van der Waals surface area (Å²) in [5.74, 6) is 0.695. The van der Waals surface area contributed by atoms with Crippen LogP contribution in [0.2, 0.25) is 0 Å². The van der Waals surface area contributed by atoms with Gasteiger partial charge in [0, 0.05) is 17.8 Å². The summed E-state index contributed by atoms with van der Waals surface area (Å²) in [6.07, 6.45) is 0. The number of allylic oxidation sites excluding steroid dienone is 2. The number of benzene rings is 5. The molecule has 0 aromatic heterocycles. The van der Waals surface area contributed by atoms with Crippen LogP contribution in [0.25, 0.3) is 11.1 Å². The molecule has 3 atom stereocenters. The molecule has 0 bridgehead atoms. The van der Waals surface area contributed by atoms with Gasteiger partial charge < -0.3 is 0 Å². The maximum Gasteiger partial charge on any atom is 0.0176 e. The topological polar surface area (TPSA) is 0 Å². The summed E-state index contributed by atoms with van der Waals surface area (Å²) in [5.41, 5.74) is 16.2. The molecule has 0 saturated carbocycles. The third-order valence-corrected chi connectivity index (χ3v) is 8.69. The lowest BCUT2D eigenvalue weighted by molar-refractivity contribution is 0.612. The van der Waals surface area contributed by atoms with Gasteiger partial charge in [-0.2, -0.15) is 0 Å². The fourth-order valence-electron chi connectivity index (χ4n) is 6.49. The molecule has 0 heterocycles. The first-order chi connectivity index (χ1) is 19.4. The summed E-state index contributed by atoms with van der Waals surface area (Å²) < 4.78 is 0. The van der Waals surface area contributed by atoms with Crippen LogP contribution in [0.5, 0.6) is 0 Å². The summed E-state index contributed by atoms with van der Waals surface area (Å²) in [4.78, 5) is 0. The maximum atomic E-state index is 2.37. The zero-order valence-electron chi connectivity index (χ0n) is 24.3. The molecule has 0 nitrogen and oxygen atoms in total. The van der Waals surface area contributed by atoms with E-state index in [1.165, 1.54) is 66.8 Å². The molecule has 1 unspecified atom stereocenters. The second-order valence-electron chi connectivity index (χ2n) is 11.8. The predicted molar refractivity (Wildman–Crippen MR) is 171 cm³/mol. The predicted octanol–water partition coefficient (Wildman–Crippen LogP) is 10.5. The quantitative estimate of drug-likeness (QED) is 0.217. The Morgan fingerprint density at radius 3 is 0.850 bits per heavy atom. The Kier molecular flexibility index (Phi) is 7.03. The Hall–Kier alpha value is -4.16. The second-order valence-corrected chi connectivity index (χ2v) is 11.8.